The van der Waals surface area contributed by atoms with Gasteiger partial charge in [-0.15, -0.1) is 0 Å². The van der Waals surface area contributed by atoms with E-state index in [2.05, 4.69) is 5.32 Å². The van der Waals surface area contributed by atoms with Crippen molar-refractivity contribution in [1.82, 2.24) is 0 Å². The van der Waals surface area contributed by atoms with Crippen LogP contribution in [0.2, 0.25) is 0 Å². The van der Waals surface area contributed by atoms with Crippen LogP contribution in [0.4, 0.5) is 5.69 Å². The Balaban J connectivity index is 1.63. The van der Waals surface area contributed by atoms with E-state index in [1.54, 1.807) is 19.2 Å². The third kappa shape index (κ3) is 5.25. The highest BCUT2D eigenvalue weighted by Crippen LogP contribution is 2.29. The van der Waals surface area contributed by atoms with E-state index in [4.69, 9.17) is 14.6 Å². The zero-order valence-corrected chi connectivity index (χ0v) is 16.3. The van der Waals surface area contributed by atoms with E-state index in [-0.39, 0.29) is 4.90 Å². The standard InChI is InChI=1S/C21H22N2O4S/c1-26-21-13-17(7-12-20(21)27-15-16-5-3-2-4-6-16)14-23-18-8-10-19(11-9-18)28(22,24)25/h2-13,23H,14-15H2,1H3,(H2,22,24,25). The van der Waals surface area contributed by atoms with Crippen molar-refractivity contribution in [2.75, 3.05) is 12.4 Å². The normalized spacial score (nSPS) is 11.1. The van der Waals surface area contributed by atoms with Crippen molar-refractivity contribution >= 4 is 15.7 Å². The van der Waals surface area contributed by atoms with Gasteiger partial charge in [-0.2, -0.15) is 0 Å². The molecule has 3 N–H and O–H groups in total. The molecule has 0 atom stereocenters. The molecule has 7 heteroatoms. The second kappa shape index (κ2) is 8.77. The summed E-state index contributed by atoms with van der Waals surface area (Å²) < 4.78 is 33.9. The average molecular weight is 398 g/mol. The summed E-state index contributed by atoms with van der Waals surface area (Å²) in [5, 5.41) is 8.34. The summed E-state index contributed by atoms with van der Waals surface area (Å²) in [6, 6.07) is 22.0. The van der Waals surface area contributed by atoms with E-state index in [9.17, 15) is 8.42 Å². The van der Waals surface area contributed by atoms with Gasteiger partial charge in [0.25, 0.3) is 0 Å². The Labute approximate surface area is 165 Å². The molecule has 0 heterocycles. The number of benzene rings is 3. The van der Waals surface area contributed by atoms with Gasteiger partial charge >= 0.3 is 0 Å². The van der Waals surface area contributed by atoms with Gasteiger partial charge in [-0.3, -0.25) is 0 Å². The number of methoxy groups -OCH3 is 1. The van der Waals surface area contributed by atoms with Crippen LogP contribution in [0.5, 0.6) is 11.5 Å². The number of rotatable bonds is 8. The largest absolute Gasteiger partial charge is 0.493 e. The topological polar surface area (TPSA) is 90.6 Å². The highest BCUT2D eigenvalue weighted by molar-refractivity contribution is 7.89. The van der Waals surface area contributed by atoms with Crippen molar-refractivity contribution in [3.05, 3.63) is 83.9 Å². The minimum Gasteiger partial charge on any atom is -0.493 e. The molecule has 0 unspecified atom stereocenters. The summed E-state index contributed by atoms with van der Waals surface area (Å²) in [4.78, 5) is 0.0830. The Morgan fingerprint density at radius 1 is 0.893 bits per heavy atom. The molecule has 0 aromatic heterocycles. The van der Waals surface area contributed by atoms with Crippen molar-refractivity contribution in [2.24, 2.45) is 5.14 Å². The zero-order valence-electron chi connectivity index (χ0n) is 15.5. The highest BCUT2D eigenvalue weighted by atomic mass is 32.2. The number of nitrogens with two attached hydrogens (primary N) is 1. The van der Waals surface area contributed by atoms with Crippen molar-refractivity contribution in [3.8, 4) is 11.5 Å². The first-order valence-corrected chi connectivity index (χ1v) is 10.2. The quantitative estimate of drug-likeness (QED) is 0.606. The number of hydrogen-bond donors (Lipinski definition) is 2. The smallest absolute Gasteiger partial charge is 0.238 e. The minimum absolute atomic E-state index is 0.0830. The van der Waals surface area contributed by atoms with Gasteiger partial charge < -0.3 is 14.8 Å². The summed E-state index contributed by atoms with van der Waals surface area (Å²) in [7, 11) is -2.08. The average Bonchev–Trinajstić information content (AvgIpc) is 2.71. The molecule has 0 aliphatic heterocycles. The molecule has 0 fully saturated rings. The molecule has 0 aliphatic rings. The van der Waals surface area contributed by atoms with E-state index in [0.29, 0.717) is 24.7 Å². The van der Waals surface area contributed by atoms with Gasteiger partial charge in [0.15, 0.2) is 11.5 Å². The number of ether oxygens (including phenoxy) is 2. The van der Waals surface area contributed by atoms with Crippen LogP contribution in [0, 0.1) is 0 Å². The predicted molar refractivity (Wildman–Crippen MR) is 109 cm³/mol. The lowest BCUT2D eigenvalue weighted by molar-refractivity contribution is 0.284. The Bertz CT molecular complexity index is 1020. The molecule has 0 spiro atoms. The van der Waals surface area contributed by atoms with Gasteiger partial charge in [0.05, 0.1) is 12.0 Å². The summed E-state index contributed by atoms with van der Waals surface area (Å²) >= 11 is 0. The molecule has 3 aromatic carbocycles. The fourth-order valence-corrected chi connectivity index (χ4v) is 3.16. The van der Waals surface area contributed by atoms with Crippen LogP contribution in [0.3, 0.4) is 0 Å². The summed E-state index contributed by atoms with van der Waals surface area (Å²) in [5.74, 6) is 1.33. The van der Waals surface area contributed by atoms with Crippen LogP contribution in [0.25, 0.3) is 0 Å². The highest BCUT2D eigenvalue weighted by Gasteiger charge is 2.08. The summed E-state index contributed by atoms with van der Waals surface area (Å²) in [6.45, 7) is 1.01. The Hall–Kier alpha value is -3.03. The maximum absolute atomic E-state index is 11.3. The number of nitrogens with one attached hydrogen (secondary N) is 1. The molecule has 6 nitrogen and oxygen atoms in total. The van der Waals surface area contributed by atoms with Crippen molar-refractivity contribution in [1.29, 1.82) is 0 Å². The van der Waals surface area contributed by atoms with Crippen LogP contribution in [-0.4, -0.2) is 15.5 Å². The minimum atomic E-state index is -3.68. The van der Waals surface area contributed by atoms with Crippen LogP contribution in [-0.2, 0) is 23.2 Å². The Kier molecular flexibility index (Phi) is 6.18. The summed E-state index contributed by atoms with van der Waals surface area (Å²) in [5.41, 5.74) is 2.87. The molecule has 0 saturated carbocycles. The maximum atomic E-state index is 11.3. The van der Waals surface area contributed by atoms with Crippen molar-refractivity contribution < 1.29 is 17.9 Å². The molecule has 3 aromatic rings. The first-order chi connectivity index (χ1) is 13.5. The van der Waals surface area contributed by atoms with Crippen molar-refractivity contribution in [3.63, 3.8) is 0 Å². The third-order valence-corrected chi connectivity index (χ3v) is 5.07. The second-order valence-corrected chi connectivity index (χ2v) is 7.74. The van der Waals surface area contributed by atoms with Gasteiger partial charge in [0, 0.05) is 12.2 Å². The number of primary sulfonamides is 1. The van der Waals surface area contributed by atoms with E-state index in [1.807, 2.05) is 48.5 Å². The van der Waals surface area contributed by atoms with E-state index in [0.717, 1.165) is 16.8 Å². The zero-order chi connectivity index (χ0) is 20.0. The molecular formula is C21H22N2O4S. The van der Waals surface area contributed by atoms with Gasteiger partial charge in [-0.25, -0.2) is 13.6 Å². The molecule has 28 heavy (non-hydrogen) atoms. The van der Waals surface area contributed by atoms with Crippen LogP contribution in [0.15, 0.2) is 77.7 Å². The Morgan fingerprint density at radius 3 is 2.25 bits per heavy atom. The number of hydrogen-bond acceptors (Lipinski definition) is 5. The van der Waals surface area contributed by atoms with Gasteiger partial charge in [-0.05, 0) is 47.5 Å². The lowest BCUT2D eigenvalue weighted by Gasteiger charge is -2.13. The maximum Gasteiger partial charge on any atom is 0.238 e. The van der Waals surface area contributed by atoms with Crippen LogP contribution >= 0.6 is 0 Å². The Morgan fingerprint density at radius 2 is 1.61 bits per heavy atom. The predicted octanol–water partition coefficient (Wildman–Crippen LogP) is 3.53. The fourth-order valence-electron chi connectivity index (χ4n) is 2.64. The lowest BCUT2D eigenvalue weighted by atomic mass is 10.2. The summed E-state index contributed by atoms with van der Waals surface area (Å²) in [6.07, 6.45) is 0. The molecule has 0 saturated heterocycles. The first-order valence-electron chi connectivity index (χ1n) is 8.66. The van der Waals surface area contributed by atoms with Crippen LogP contribution < -0.4 is 19.9 Å². The van der Waals surface area contributed by atoms with E-state index in [1.165, 1.54) is 12.1 Å². The van der Waals surface area contributed by atoms with E-state index >= 15 is 0 Å². The monoisotopic (exact) mass is 398 g/mol. The number of anilines is 1. The van der Waals surface area contributed by atoms with Gasteiger partial charge in [0.2, 0.25) is 10.0 Å². The fraction of sp³-hybridized carbons (Fsp3) is 0.143. The molecule has 146 valence electrons. The van der Waals surface area contributed by atoms with Gasteiger partial charge in [-0.1, -0.05) is 36.4 Å². The lowest BCUT2D eigenvalue weighted by Crippen LogP contribution is -2.12. The number of sulfonamides is 1. The molecule has 0 aliphatic carbocycles. The van der Waals surface area contributed by atoms with Crippen molar-refractivity contribution in [2.45, 2.75) is 18.0 Å². The molecule has 0 amide bonds. The molecule has 0 bridgehead atoms. The molecule has 0 radical (unpaired) electrons. The van der Waals surface area contributed by atoms with Gasteiger partial charge in [0.1, 0.15) is 6.61 Å². The second-order valence-electron chi connectivity index (χ2n) is 6.18. The molecular weight excluding hydrogens is 376 g/mol. The first kappa shape index (κ1) is 19.7. The third-order valence-electron chi connectivity index (χ3n) is 4.14. The molecule has 3 rings (SSSR count). The van der Waals surface area contributed by atoms with E-state index < -0.39 is 10.0 Å². The van der Waals surface area contributed by atoms with Crippen LogP contribution in [0.1, 0.15) is 11.1 Å². The SMILES string of the molecule is COc1cc(CNc2ccc(S(N)(=O)=O)cc2)ccc1OCc1ccccc1.